The summed E-state index contributed by atoms with van der Waals surface area (Å²) in [6.45, 7) is 5.69. The molecule has 3 saturated carbocycles. The Hall–Kier alpha value is -1.08. The Morgan fingerprint density at radius 3 is 2.80 bits per heavy atom. The van der Waals surface area contributed by atoms with Gasteiger partial charge in [-0.2, -0.15) is 0 Å². The molecule has 6 heteroatoms. The number of nitrogens with one attached hydrogen (secondary N) is 1. The second kappa shape index (κ2) is 7.22. The average molecular weight is 422 g/mol. The Morgan fingerprint density at radius 1 is 1.37 bits per heavy atom. The molecule has 0 aromatic rings. The van der Waals surface area contributed by atoms with Crippen molar-refractivity contribution in [1.82, 2.24) is 5.32 Å². The van der Waals surface area contributed by atoms with Crippen molar-refractivity contribution >= 4 is 5.78 Å². The summed E-state index contributed by atoms with van der Waals surface area (Å²) in [5, 5.41) is 25.9. The minimum absolute atomic E-state index is 0.0694. The van der Waals surface area contributed by atoms with Gasteiger partial charge in [0.15, 0.2) is 11.5 Å². The molecule has 0 aliphatic heterocycles. The van der Waals surface area contributed by atoms with E-state index in [0.717, 1.165) is 18.4 Å². The van der Waals surface area contributed by atoms with E-state index in [0.29, 0.717) is 12.8 Å². The monoisotopic (exact) mass is 421 g/mol. The molecule has 4 aliphatic carbocycles. The van der Waals surface area contributed by atoms with E-state index in [-0.39, 0.29) is 37.4 Å². The fraction of sp³-hybridized carbons (Fsp3) is 0.792. The first-order valence-electron chi connectivity index (χ1n) is 11.3. The molecular formula is C24H36FNO4. The van der Waals surface area contributed by atoms with Crippen molar-refractivity contribution in [3.63, 3.8) is 0 Å². The molecule has 0 radical (unpaired) electrons. The van der Waals surface area contributed by atoms with Gasteiger partial charge in [-0.25, -0.2) is 4.39 Å². The van der Waals surface area contributed by atoms with Gasteiger partial charge in [0.05, 0.1) is 12.8 Å². The first-order chi connectivity index (χ1) is 14.1. The Kier molecular flexibility index (Phi) is 5.33. The molecule has 0 unspecified atom stereocenters. The van der Waals surface area contributed by atoms with Gasteiger partial charge in [0, 0.05) is 16.7 Å². The molecule has 0 heterocycles. The van der Waals surface area contributed by atoms with Crippen LogP contribution in [0.25, 0.3) is 0 Å². The maximum atomic E-state index is 17.0. The summed E-state index contributed by atoms with van der Waals surface area (Å²) in [5.74, 6) is -1.26. The lowest BCUT2D eigenvalue weighted by molar-refractivity contribution is -0.220. The zero-order chi connectivity index (χ0) is 21.9. The van der Waals surface area contributed by atoms with E-state index in [4.69, 9.17) is 4.74 Å². The van der Waals surface area contributed by atoms with E-state index in [1.807, 2.05) is 32.9 Å². The van der Waals surface area contributed by atoms with Gasteiger partial charge in [0.1, 0.15) is 12.2 Å². The molecule has 30 heavy (non-hydrogen) atoms. The number of halogens is 1. The second-order valence-electron chi connectivity index (χ2n) is 10.4. The van der Waals surface area contributed by atoms with Gasteiger partial charge in [-0.1, -0.05) is 37.6 Å². The summed E-state index contributed by atoms with van der Waals surface area (Å²) in [5.41, 5.74) is -4.08. The quantitative estimate of drug-likeness (QED) is 0.361. The Balaban J connectivity index is 1.73. The summed E-state index contributed by atoms with van der Waals surface area (Å²) in [4.78, 5) is 13.2. The van der Waals surface area contributed by atoms with Crippen LogP contribution in [-0.4, -0.2) is 53.8 Å². The lowest BCUT2D eigenvalue weighted by Crippen LogP contribution is -2.69. The molecule has 8 atom stereocenters. The highest BCUT2D eigenvalue weighted by atomic mass is 19.1. The number of alkyl halides is 1. The number of ether oxygens (including phenoxy) is 1. The topological polar surface area (TPSA) is 78.8 Å². The van der Waals surface area contributed by atoms with E-state index >= 15 is 4.39 Å². The van der Waals surface area contributed by atoms with Gasteiger partial charge in [-0.3, -0.25) is 10.1 Å². The maximum Gasteiger partial charge on any atom is 0.190 e. The van der Waals surface area contributed by atoms with E-state index in [1.165, 1.54) is 0 Å². The number of hydrogen-bond donors (Lipinski definition) is 3. The van der Waals surface area contributed by atoms with E-state index in [9.17, 15) is 15.0 Å². The second-order valence-corrected chi connectivity index (χ2v) is 10.4. The molecule has 3 fully saturated rings. The molecule has 0 aromatic heterocycles. The van der Waals surface area contributed by atoms with Gasteiger partial charge in [0.2, 0.25) is 0 Å². The van der Waals surface area contributed by atoms with Crippen molar-refractivity contribution in [2.24, 2.45) is 28.6 Å². The SMILES string of the molecule is CNCOCC(=O)[C@@]1(O)[C@H](C)C[C@H]2[C@@H]3CCC4=CCC=C[C@]4(C)[C@@]3(F)[C@@H](O)C[C@@]21C. The lowest BCUT2D eigenvalue weighted by atomic mass is 9.44. The van der Waals surface area contributed by atoms with Crippen LogP contribution in [0.4, 0.5) is 4.39 Å². The summed E-state index contributed by atoms with van der Waals surface area (Å²) >= 11 is 0. The van der Waals surface area contributed by atoms with Crippen molar-refractivity contribution < 1.29 is 24.1 Å². The lowest BCUT2D eigenvalue weighted by Gasteiger charge is -2.62. The van der Waals surface area contributed by atoms with Crippen molar-refractivity contribution in [1.29, 1.82) is 0 Å². The first-order valence-corrected chi connectivity index (χ1v) is 11.3. The number of aliphatic hydroxyl groups excluding tert-OH is 1. The van der Waals surface area contributed by atoms with Crippen LogP contribution in [0, 0.1) is 28.6 Å². The van der Waals surface area contributed by atoms with E-state index in [1.54, 1.807) is 7.05 Å². The van der Waals surface area contributed by atoms with Crippen molar-refractivity contribution in [2.75, 3.05) is 20.4 Å². The molecule has 0 saturated heterocycles. The number of hydrogen-bond acceptors (Lipinski definition) is 5. The third-order valence-electron chi connectivity index (χ3n) is 9.18. The minimum Gasteiger partial charge on any atom is -0.390 e. The molecule has 0 spiro atoms. The van der Waals surface area contributed by atoms with Crippen LogP contribution >= 0.6 is 0 Å². The number of carbonyl (C=O) groups excluding carboxylic acids is 1. The van der Waals surface area contributed by atoms with Crippen LogP contribution in [0.1, 0.15) is 52.9 Å². The Bertz CT molecular complexity index is 783. The Labute approximate surface area is 178 Å². The maximum absolute atomic E-state index is 17.0. The predicted molar refractivity (Wildman–Crippen MR) is 112 cm³/mol. The molecule has 0 bridgehead atoms. The smallest absolute Gasteiger partial charge is 0.190 e. The highest BCUT2D eigenvalue weighted by Crippen LogP contribution is 2.70. The van der Waals surface area contributed by atoms with Crippen LogP contribution in [0.5, 0.6) is 0 Å². The Morgan fingerprint density at radius 2 is 2.10 bits per heavy atom. The normalized spacial score (nSPS) is 49.8. The number of ketones is 1. The number of allylic oxidation sites excluding steroid dienone is 4. The van der Waals surface area contributed by atoms with Crippen molar-refractivity contribution in [2.45, 2.75) is 70.2 Å². The van der Waals surface area contributed by atoms with Crippen molar-refractivity contribution in [3.8, 4) is 0 Å². The number of aliphatic hydroxyl groups is 2. The van der Waals surface area contributed by atoms with Gasteiger partial charge in [-0.15, -0.1) is 0 Å². The number of rotatable bonds is 5. The molecule has 168 valence electrons. The summed E-state index contributed by atoms with van der Waals surface area (Å²) in [7, 11) is 1.72. The average Bonchev–Trinajstić information content (AvgIpc) is 2.90. The highest BCUT2D eigenvalue weighted by molar-refractivity contribution is 5.90. The standard InChI is InChI=1S/C24H36FNO4/c1-15-11-18-17-9-8-16-7-5-6-10-21(16,2)23(17,25)19(27)12-22(18,3)24(15,29)20(28)13-30-14-26-4/h6-7,10,15,17-19,26-27,29H,5,8-9,11-14H2,1-4H3/t15-,17+,18+,19+,21+,22+,23+,24+/m1/s1. The van der Waals surface area contributed by atoms with Gasteiger partial charge >= 0.3 is 0 Å². The van der Waals surface area contributed by atoms with E-state index < -0.39 is 34.1 Å². The van der Waals surface area contributed by atoms with Gasteiger partial charge < -0.3 is 14.9 Å². The fourth-order valence-electron chi connectivity index (χ4n) is 7.63. The first kappa shape index (κ1) is 22.1. The van der Waals surface area contributed by atoms with Gasteiger partial charge in [0.25, 0.3) is 0 Å². The number of fused-ring (bicyclic) bond motifs is 5. The van der Waals surface area contributed by atoms with Gasteiger partial charge in [-0.05, 0) is 57.9 Å². The molecule has 4 rings (SSSR count). The van der Waals surface area contributed by atoms with Crippen molar-refractivity contribution in [3.05, 3.63) is 23.8 Å². The third kappa shape index (κ3) is 2.57. The minimum atomic E-state index is -1.80. The highest BCUT2D eigenvalue weighted by Gasteiger charge is 2.75. The molecular weight excluding hydrogens is 385 g/mol. The zero-order valence-electron chi connectivity index (χ0n) is 18.6. The largest absolute Gasteiger partial charge is 0.390 e. The third-order valence-corrected chi connectivity index (χ3v) is 9.18. The van der Waals surface area contributed by atoms with Crippen LogP contribution < -0.4 is 5.32 Å². The number of Topliss-reactive ketones (excluding diaryl/α,β-unsaturated/α-hetero) is 1. The predicted octanol–water partition coefficient (Wildman–Crippen LogP) is 2.92. The molecule has 4 aliphatic rings. The van der Waals surface area contributed by atoms with Crippen LogP contribution in [0.2, 0.25) is 0 Å². The molecule has 3 N–H and O–H groups in total. The zero-order valence-corrected chi connectivity index (χ0v) is 18.6. The van der Waals surface area contributed by atoms with Crippen LogP contribution in [0.15, 0.2) is 23.8 Å². The van der Waals surface area contributed by atoms with E-state index in [2.05, 4.69) is 11.4 Å². The number of carbonyl (C=O) groups is 1. The summed E-state index contributed by atoms with van der Waals surface area (Å²) < 4.78 is 22.4. The van der Waals surface area contributed by atoms with Crippen LogP contribution in [-0.2, 0) is 9.53 Å². The molecule has 5 nitrogen and oxygen atoms in total. The summed E-state index contributed by atoms with van der Waals surface area (Å²) in [6, 6.07) is 0. The molecule has 0 amide bonds. The molecule has 0 aromatic carbocycles. The van der Waals surface area contributed by atoms with Crippen LogP contribution in [0.3, 0.4) is 0 Å². The summed E-state index contributed by atoms with van der Waals surface area (Å²) in [6.07, 6.45) is 7.68. The fourth-order valence-corrected chi connectivity index (χ4v) is 7.63.